The first kappa shape index (κ1) is 24.8. The molecule has 30 heavy (non-hydrogen) atoms. The fraction of sp³-hybridized carbons (Fsp3) is 0. The molecule has 0 aliphatic heterocycles. The second-order valence-electron chi connectivity index (χ2n) is 6.01. The van der Waals surface area contributed by atoms with Gasteiger partial charge in [-0.2, -0.15) is 0 Å². The minimum atomic E-state index is -1.91. The Morgan fingerprint density at radius 3 is 0.700 bits per heavy atom. The summed E-state index contributed by atoms with van der Waals surface area (Å²) in [6.07, 6.45) is 0. The molecule has 0 saturated heterocycles. The Hall–Kier alpha value is -3.20. The van der Waals surface area contributed by atoms with Crippen LogP contribution in [0.3, 0.4) is 0 Å². The van der Waals surface area contributed by atoms with E-state index in [1.165, 1.54) is 21.2 Å². The standard InChI is InChI=1S/C24H20P.2CN.Co/c1-5-13-21(14-6-1)25(22-15-7-2-8-16-22,23-17-9-3-10-18-23)24-19-11-4-12-20-24;2*1-2;/h1-20H;;;/q+1;2*-1;+3. The minimum absolute atomic E-state index is 0. The van der Waals surface area contributed by atoms with Crippen LogP contribution in [0, 0.1) is 23.7 Å². The third-order valence-electron chi connectivity index (χ3n) is 4.57. The summed E-state index contributed by atoms with van der Waals surface area (Å²) in [5.74, 6) is 0. The second-order valence-corrected chi connectivity index (χ2v) is 9.42. The first-order chi connectivity index (χ1) is 14.4. The van der Waals surface area contributed by atoms with Gasteiger partial charge in [0.05, 0.1) is 0 Å². The Balaban J connectivity index is 0.000000851. The zero-order valence-corrected chi connectivity index (χ0v) is 18.2. The number of nitrogens with zero attached hydrogens (tertiary/aromatic N) is 2. The smallest absolute Gasteiger partial charge is 0.512 e. The Morgan fingerprint density at radius 2 is 0.533 bits per heavy atom. The van der Waals surface area contributed by atoms with Gasteiger partial charge in [0, 0.05) is 0 Å². The van der Waals surface area contributed by atoms with E-state index in [1.807, 2.05) is 0 Å². The van der Waals surface area contributed by atoms with Gasteiger partial charge in [0.2, 0.25) is 0 Å². The molecule has 0 aliphatic rings. The minimum Gasteiger partial charge on any atom is -0.512 e. The van der Waals surface area contributed by atoms with E-state index in [0.29, 0.717) is 0 Å². The molecule has 0 bridgehead atoms. The molecule has 0 unspecified atom stereocenters. The van der Waals surface area contributed by atoms with Crippen LogP contribution in [0.4, 0.5) is 0 Å². The molecule has 0 heterocycles. The zero-order chi connectivity index (χ0) is 21.0. The topological polar surface area (TPSA) is 47.6 Å². The average molecular weight is 450 g/mol. The van der Waals surface area contributed by atoms with Crippen molar-refractivity contribution in [3.8, 4) is 0 Å². The van der Waals surface area contributed by atoms with Crippen LogP contribution in [0.25, 0.3) is 0 Å². The number of hydrogen-bond donors (Lipinski definition) is 0. The monoisotopic (exact) mass is 450 g/mol. The summed E-state index contributed by atoms with van der Waals surface area (Å²) < 4.78 is 0. The van der Waals surface area contributed by atoms with E-state index in [-0.39, 0.29) is 16.8 Å². The van der Waals surface area contributed by atoms with Crippen LogP contribution in [-0.4, -0.2) is 0 Å². The molecule has 4 heteroatoms. The van der Waals surface area contributed by atoms with Gasteiger partial charge in [-0.15, -0.1) is 0 Å². The molecular formula is C26H20CoN2P+2. The molecule has 4 aromatic rings. The van der Waals surface area contributed by atoms with Crippen LogP contribution in [0.5, 0.6) is 0 Å². The van der Waals surface area contributed by atoms with E-state index >= 15 is 0 Å². The summed E-state index contributed by atoms with van der Waals surface area (Å²) >= 11 is 0. The van der Waals surface area contributed by atoms with Gasteiger partial charge in [0.15, 0.2) is 0 Å². The Bertz CT molecular complexity index is 849. The van der Waals surface area contributed by atoms with Crippen molar-refractivity contribution in [1.82, 2.24) is 0 Å². The number of benzene rings is 4. The van der Waals surface area contributed by atoms with E-state index in [1.54, 1.807) is 0 Å². The van der Waals surface area contributed by atoms with Crippen molar-refractivity contribution in [1.29, 1.82) is 10.5 Å². The van der Waals surface area contributed by atoms with Gasteiger partial charge in [-0.1, -0.05) is 72.8 Å². The Morgan fingerprint density at radius 1 is 0.367 bits per heavy atom. The average Bonchev–Trinajstić information content (AvgIpc) is 2.85. The number of hydrogen-bond acceptors (Lipinski definition) is 2. The maximum absolute atomic E-state index is 6.25. The van der Waals surface area contributed by atoms with Crippen LogP contribution in [0.2, 0.25) is 0 Å². The zero-order valence-electron chi connectivity index (χ0n) is 16.2. The summed E-state index contributed by atoms with van der Waals surface area (Å²) in [5.41, 5.74) is 0. The summed E-state index contributed by atoms with van der Waals surface area (Å²) in [4.78, 5) is 0. The van der Waals surface area contributed by atoms with Crippen LogP contribution in [-0.2, 0) is 16.8 Å². The second kappa shape index (κ2) is 13.1. The van der Waals surface area contributed by atoms with Crippen LogP contribution in [0.1, 0.15) is 0 Å². The molecule has 0 spiro atoms. The predicted octanol–water partition coefficient (Wildman–Crippen LogP) is 4.50. The predicted molar refractivity (Wildman–Crippen MR) is 121 cm³/mol. The fourth-order valence-electron chi connectivity index (χ4n) is 3.50. The molecule has 0 saturated carbocycles. The normalized spacial score (nSPS) is 9.47. The molecular weight excluding hydrogens is 430 g/mol. The molecule has 2 nitrogen and oxygen atoms in total. The molecule has 0 N–H and O–H groups in total. The molecule has 0 amide bonds. The Kier molecular flexibility index (Phi) is 10.8. The summed E-state index contributed by atoms with van der Waals surface area (Å²) in [5, 5.41) is 18.1. The molecule has 4 rings (SSSR count). The summed E-state index contributed by atoms with van der Waals surface area (Å²) in [6, 6.07) is 43.8. The van der Waals surface area contributed by atoms with E-state index in [4.69, 9.17) is 23.7 Å². The SMILES string of the molecule is [C-]#N.[C-]#N.[Co+3].c1ccc([P+](c2ccccc2)(c2ccccc2)c2ccccc2)cc1. The summed E-state index contributed by atoms with van der Waals surface area (Å²) in [7, 11) is -1.91. The first-order valence-corrected chi connectivity index (χ1v) is 10.8. The van der Waals surface area contributed by atoms with Crippen molar-refractivity contribution in [3.05, 3.63) is 134 Å². The Labute approximate surface area is 190 Å². The van der Waals surface area contributed by atoms with E-state index < -0.39 is 7.26 Å². The van der Waals surface area contributed by atoms with Crippen molar-refractivity contribution in [2.24, 2.45) is 0 Å². The summed E-state index contributed by atoms with van der Waals surface area (Å²) in [6.45, 7) is 9.50. The van der Waals surface area contributed by atoms with E-state index in [2.05, 4.69) is 121 Å². The largest absolute Gasteiger partial charge is 3.00 e. The maximum Gasteiger partial charge on any atom is 3.00 e. The third kappa shape index (κ3) is 5.04. The van der Waals surface area contributed by atoms with Crippen LogP contribution < -0.4 is 21.2 Å². The molecule has 4 aromatic carbocycles. The first-order valence-electron chi connectivity index (χ1n) is 8.98. The van der Waals surface area contributed by atoms with E-state index in [0.717, 1.165) is 0 Å². The molecule has 146 valence electrons. The van der Waals surface area contributed by atoms with Gasteiger partial charge in [0.1, 0.15) is 28.5 Å². The van der Waals surface area contributed by atoms with Crippen LogP contribution in [0.15, 0.2) is 121 Å². The van der Waals surface area contributed by atoms with Crippen molar-refractivity contribution < 1.29 is 16.8 Å². The fourth-order valence-corrected chi connectivity index (χ4v) is 7.77. The maximum atomic E-state index is 6.25. The van der Waals surface area contributed by atoms with Crippen molar-refractivity contribution in [2.75, 3.05) is 0 Å². The van der Waals surface area contributed by atoms with Gasteiger partial charge < -0.3 is 23.7 Å². The molecule has 0 atom stereocenters. The molecule has 0 aliphatic carbocycles. The van der Waals surface area contributed by atoms with Crippen molar-refractivity contribution in [3.63, 3.8) is 0 Å². The molecule has 0 radical (unpaired) electrons. The van der Waals surface area contributed by atoms with Gasteiger partial charge in [-0.25, -0.2) is 0 Å². The van der Waals surface area contributed by atoms with Gasteiger partial charge in [0.25, 0.3) is 0 Å². The van der Waals surface area contributed by atoms with E-state index in [9.17, 15) is 0 Å². The number of rotatable bonds is 4. The van der Waals surface area contributed by atoms with Crippen LogP contribution >= 0.6 is 7.26 Å². The van der Waals surface area contributed by atoms with Crippen molar-refractivity contribution >= 4 is 28.5 Å². The van der Waals surface area contributed by atoms with Crippen molar-refractivity contribution in [2.45, 2.75) is 0 Å². The third-order valence-corrected chi connectivity index (χ3v) is 8.86. The quantitative estimate of drug-likeness (QED) is 0.340. The van der Waals surface area contributed by atoms with Gasteiger partial charge in [-0.05, 0) is 48.5 Å². The molecule has 0 aromatic heterocycles. The van der Waals surface area contributed by atoms with Gasteiger partial charge in [-0.3, -0.25) is 0 Å². The molecule has 0 fully saturated rings. The van der Waals surface area contributed by atoms with Gasteiger partial charge >= 0.3 is 16.8 Å².